The number of nitrogens with two attached hydrogens (primary N) is 1. The molecule has 0 aromatic heterocycles. The van der Waals surface area contributed by atoms with Crippen LogP contribution in [-0.2, 0) is 4.79 Å². The molecule has 0 bridgehead atoms. The Morgan fingerprint density at radius 1 is 1.36 bits per heavy atom. The highest BCUT2D eigenvalue weighted by Gasteiger charge is 1.92. The molecule has 0 aliphatic heterocycles. The third kappa shape index (κ3) is 10.7. The van der Waals surface area contributed by atoms with Gasteiger partial charge in [-0.1, -0.05) is 12.3 Å². The fraction of sp³-hybridized carbons (Fsp3) is 0.636. The van der Waals surface area contributed by atoms with Crippen LogP contribution in [0.3, 0.4) is 0 Å². The fourth-order valence-electron chi connectivity index (χ4n) is 0.987. The lowest BCUT2D eigenvalue weighted by Gasteiger charge is -1.93. The molecule has 2 N–H and O–H groups in total. The van der Waals surface area contributed by atoms with E-state index in [0.29, 0.717) is 6.42 Å². The second-order valence-electron chi connectivity index (χ2n) is 3.03. The second-order valence-corrected chi connectivity index (χ2v) is 3.03. The van der Waals surface area contributed by atoms with E-state index in [1.165, 1.54) is 0 Å². The van der Waals surface area contributed by atoms with Crippen LogP contribution in [0, 0.1) is 11.8 Å². The molecule has 78 valence electrons. The van der Waals surface area contributed by atoms with Gasteiger partial charge in [-0.3, -0.25) is 9.79 Å². The maximum absolute atomic E-state index is 10.4. The smallest absolute Gasteiger partial charge is 0.217 e. The summed E-state index contributed by atoms with van der Waals surface area (Å²) in [4.78, 5) is 14.2. The Hall–Kier alpha value is -1.30. The number of nitrogens with zero attached hydrogens (tertiary/aromatic N) is 1. The first kappa shape index (κ1) is 12.7. The molecule has 0 radical (unpaired) electrons. The van der Waals surface area contributed by atoms with Gasteiger partial charge in [-0.2, -0.15) is 0 Å². The second kappa shape index (κ2) is 9.79. The van der Waals surface area contributed by atoms with Crippen molar-refractivity contribution < 1.29 is 4.79 Å². The Kier molecular flexibility index (Phi) is 8.88. The lowest BCUT2D eigenvalue weighted by Crippen LogP contribution is -2.09. The zero-order valence-electron chi connectivity index (χ0n) is 8.75. The van der Waals surface area contributed by atoms with Gasteiger partial charge in [-0.15, -0.1) is 5.92 Å². The molecule has 0 rings (SSSR count). The van der Waals surface area contributed by atoms with E-state index in [2.05, 4.69) is 16.8 Å². The van der Waals surface area contributed by atoms with Crippen molar-refractivity contribution in [3.05, 3.63) is 0 Å². The highest BCUT2D eigenvalue weighted by Crippen LogP contribution is 2.01. The Morgan fingerprint density at radius 3 is 2.79 bits per heavy atom. The highest BCUT2D eigenvalue weighted by atomic mass is 16.1. The van der Waals surface area contributed by atoms with Crippen LogP contribution in [-0.4, -0.2) is 19.2 Å². The van der Waals surface area contributed by atoms with Crippen LogP contribution in [0.2, 0.25) is 0 Å². The van der Waals surface area contributed by atoms with E-state index in [4.69, 9.17) is 5.73 Å². The van der Waals surface area contributed by atoms with Crippen molar-refractivity contribution in [1.82, 2.24) is 0 Å². The quantitative estimate of drug-likeness (QED) is 0.389. The lowest BCUT2D eigenvalue weighted by molar-refractivity contribution is -0.118. The van der Waals surface area contributed by atoms with Crippen molar-refractivity contribution >= 4 is 12.1 Å². The number of unbranched alkanes of at least 4 members (excludes halogenated alkanes) is 3. The Labute approximate surface area is 85.8 Å². The van der Waals surface area contributed by atoms with Crippen molar-refractivity contribution in [3.8, 4) is 11.8 Å². The van der Waals surface area contributed by atoms with Gasteiger partial charge in [0.1, 0.15) is 0 Å². The monoisotopic (exact) mass is 194 g/mol. The SMILES string of the molecule is C/N=C\CC#CCCCCCC(N)=O. The first-order valence-electron chi connectivity index (χ1n) is 4.92. The predicted molar refractivity (Wildman–Crippen MR) is 59.1 cm³/mol. The van der Waals surface area contributed by atoms with Gasteiger partial charge in [0.15, 0.2) is 0 Å². The molecule has 0 aromatic carbocycles. The standard InChI is InChI=1S/C11H18N2O/c1-13-10-8-6-4-2-3-5-7-9-11(12)14/h10H,2-3,5,7-9H2,1H3,(H2,12,14)/b13-10-. The first-order chi connectivity index (χ1) is 6.77. The number of aliphatic imine (C=N–C) groups is 1. The molecule has 0 unspecified atom stereocenters. The van der Waals surface area contributed by atoms with Crippen molar-refractivity contribution in [3.63, 3.8) is 0 Å². The average Bonchev–Trinajstić information content (AvgIpc) is 2.15. The molecule has 0 aliphatic carbocycles. The number of amides is 1. The average molecular weight is 194 g/mol. The van der Waals surface area contributed by atoms with Crippen LogP contribution in [0.4, 0.5) is 0 Å². The van der Waals surface area contributed by atoms with Crippen molar-refractivity contribution in [1.29, 1.82) is 0 Å². The van der Waals surface area contributed by atoms with Gasteiger partial charge in [0.05, 0.1) is 0 Å². The summed E-state index contributed by atoms with van der Waals surface area (Å²) in [5.41, 5.74) is 5.01. The van der Waals surface area contributed by atoms with Crippen molar-refractivity contribution in [2.45, 2.75) is 38.5 Å². The van der Waals surface area contributed by atoms with Gasteiger partial charge in [0.2, 0.25) is 5.91 Å². The molecule has 0 aromatic rings. The first-order valence-corrected chi connectivity index (χ1v) is 4.92. The summed E-state index contributed by atoms with van der Waals surface area (Å²) in [6, 6.07) is 0. The third-order valence-corrected chi connectivity index (χ3v) is 1.73. The third-order valence-electron chi connectivity index (χ3n) is 1.73. The minimum absolute atomic E-state index is 0.213. The van der Waals surface area contributed by atoms with E-state index >= 15 is 0 Å². The van der Waals surface area contributed by atoms with E-state index in [1.54, 1.807) is 13.3 Å². The zero-order chi connectivity index (χ0) is 10.6. The Balaban J connectivity index is 3.19. The molecule has 0 aliphatic rings. The van der Waals surface area contributed by atoms with E-state index < -0.39 is 0 Å². The number of carbonyl (C=O) groups is 1. The summed E-state index contributed by atoms with van der Waals surface area (Å²) in [7, 11) is 1.74. The van der Waals surface area contributed by atoms with Crippen LogP contribution in [0.25, 0.3) is 0 Å². The molecule has 0 fully saturated rings. The minimum atomic E-state index is -0.213. The maximum Gasteiger partial charge on any atom is 0.217 e. The molecule has 0 spiro atoms. The number of hydrogen-bond donors (Lipinski definition) is 1. The summed E-state index contributed by atoms with van der Waals surface area (Å²) in [6.45, 7) is 0. The van der Waals surface area contributed by atoms with Gasteiger partial charge in [-0.05, 0) is 12.8 Å². The number of primary amides is 1. The van der Waals surface area contributed by atoms with Crippen molar-refractivity contribution in [2.75, 3.05) is 7.05 Å². The number of rotatable bonds is 6. The molecule has 0 saturated carbocycles. The highest BCUT2D eigenvalue weighted by molar-refractivity contribution is 5.73. The zero-order valence-corrected chi connectivity index (χ0v) is 8.75. The largest absolute Gasteiger partial charge is 0.370 e. The van der Waals surface area contributed by atoms with E-state index in [-0.39, 0.29) is 5.91 Å². The summed E-state index contributed by atoms with van der Waals surface area (Å²) >= 11 is 0. The maximum atomic E-state index is 10.4. The van der Waals surface area contributed by atoms with Gasteiger partial charge in [-0.25, -0.2) is 0 Å². The Morgan fingerprint density at radius 2 is 2.14 bits per heavy atom. The van der Waals surface area contributed by atoms with Crippen molar-refractivity contribution in [2.24, 2.45) is 10.7 Å². The topological polar surface area (TPSA) is 55.4 Å². The van der Waals surface area contributed by atoms with Crippen LogP contribution in [0.15, 0.2) is 4.99 Å². The molecule has 3 nitrogen and oxygen atoms in total. The molecule has 14 heavy (non-hydrogen) atoms. The van der Waals surface area contributed by atoms with Crippen LogP contribution >= 0.6 is 0 Å². The van der Waals surface area contributed by atoms with Gasteiger partial charge in [0, 0.05) is 32.5 Å². The molecular formula is C11H18N2O. The van der Waals surface area contributed by atoms with E-state index in [9.17, 15) is 4.79 Å². The van der Waals surface area contributed by atoms with Gasteiger partial charge >= 0.3 is 0 Å². The van der Waals surface area contributed by atoms with E-state index in [1.807, 2.05) is 0 Å². The van der Waals surface area contributed by atoms with Crippen LogP contribution in [0.1, 0.15) is 38.5 Å². The molecule has 0 saturated heterocycles. The number of carbonyl (C=O) groups excluding carboxylic acids is 1. The van der Waals surface area contributed by atoms with Crippen LogP contribution in [0.5, 0.6) is 0 Å². The van der Waals surface area contributed by atoms with Crippen LogP contribution < -0.4 is 5.73 Å². The molecule has 0 heterocycles. The number of hydrogen-bond acceptors (Lipinski definition) is 2. The minimum Gasteiger partial charge on any atom is -0.370 e. The fourth-order valence-corrected chi connectivity index (χ4v) is 0.987. The normalized spacial score (nSPS) is 9.79. The molecule has 0 atom stereocenters. The molecular weight excluding hydrogens is 176 g/mol. The summed E-state index contributed by atoms with van der Waals surface area (Å²) in [5.74, 6) is 5.83. The summed E-state index contributed by atoms with van der Waals surface area (Å²) < 4.78 is 0. The van der Waals surface area contributed by atoms with Gasteiger partial charge < -0.3 is 5.73 Å². The molecule has 3 heteroatoms. The predicted octanol–water partition coefficient (Wildman–Crippen LogP) is 1.52. The summed E-state index contributed by atoms with van der Waals surface area (Å²) in [6.07, 6.45) is 6.88. The lowest BCUT2D eigenvalue weighted by atomic mass is 10.1. The molecule has 1 amide bonds. The van der Waals surface area contributed by atoms with E-state index in [0.717, 1.165) is 32.1 Å². The Bertz CT molecular complexity index is 235. The summed E-state index contributed by atoms with van der Waals surface area (Å²) in [5, 5.41) is 0. The van der Waals surface area contributed by atoms with Gasteiger partial charge in [0.25, 0.3) is 0 Å².